The largest absolute Gasteiger partial charge is 0.465 e. The summed E-state index contributed by atoms with van der Waals surface area (Å²) in [5.74, 6) is 1.56. The predicted molar refractivity (Wildman–Crippen MR) is 40.4 cm³/mol. The van der Waals surface area contributed by atoms with Gasteiger partial charge in [-0.2, -0.15) is 0 Å². The summed E-state index contributed by atoms with van der Waals surface area (Å²) in [6, 6.07) is 0. The Morgan fingerprint density at radius 2 is 2.27 bits per heavy atom. The van der Waals surface area contributed by atoms with Crippen molar-refractivity contribution in [2.45, 2.75) is 19.3 Å². The highest BCUT2D eigenvalue weighted by Gasteiger charge is 2.40. The Morgan fingerprint density at radius 3 is 3.00 bits per heavy atom. The summed E-state index contributed by atoms with van der Waals surface area (Å²) in [6.07, 6.45) is 2.84. The monoisotopic (exact) mass is 155 g/mol. The Bertz CT molecular complexity index is 181. The van der Waals surface area contributed by atoms with Crippen LogP contribution in [0.5, 0.6) is 0 Å². The van der Waals surface area contributed by atoms with Crippen molar-refractivity contribution < 1.29 is 9.90 Å². The van der Waals surface area contributed by atoms with Gasteiger partial charge in [-0.05, 0) is 31.1 Å². The molecule has 0 bridgehead atoms. The molecule has 0 aromatic heterocycles. The van der Waals surface area contributed by atoms with Crippen LogP contribution >= 0.6 is 0 Å². The maximum Gasteiger partial charge on any atom is 0.407 e. The molecule has 0 radical (unpaired) electrons. The van der Waals surface area contributed by atoms with Crippen molar-refractivity contribution in [1.29, 1.82) is 0 Å². The summed E-state index contributed by atoms with van der Waals surface area (Å²) in [4.78, 5) is 12.2. The summed E-state index contributed by atoms with van der Waals surface area (Å²) in [5, 5.41) is 8.73. The standard InChI is InChI=1S/C8H13NO2/c10-8(11)9-3-1-2-6-4-7(6)5-9/h6-7H,1-5H2,(H,10,11). The third kappa shape index (κ3) is 1.32. The van der Waals surface area contributed by atoms with Gasteiger partial charge < -0.3 is 10.0 Å². The summed E-state index contributed by atoms with van der Waals surface area (Å²) in [6.45, 7) is 1.54. The number of amides is 1. The summed E-state index contributed by atoms with van der Waals surface area (Å²) >= 11 is 0. The lowest BCUT2D eigenvalue weighted by molar-refractivity contribution is 0.144. The molecule has 1 aliphatic heterocycles. The minimum absolute atomic E-state index is 0.702. The first-order chi connectivity index (χ1) is 5.27. The van der Waals surface area contributed by atoms with Crippen LogP contribution < -0.4 is 0 Å². The van der Waals surface area contributed by atoms with Gasteiger partial charge in [0.05, 0.1) is 0 Å². The number of carbonyl (C=O) groups is 1. The van der Waals surface area contributed by atoms with Crippen LogP contribution in [-0.4, -0.2) is 29.2 Å². The summed E-state index contributed by atoms with van der Waals surface area (Å²) in [5.41, 5.74) is 0. The van der Waals surface area contributed by atoms with Gasteiger partial charge in [0.15, 0.2) is 0 Å². The van der Waals surface area contributed by atoms with Crippen molar-refractivity contribution in [1.82, 2.24) is 4.90 Å². The molecule has 1 amide bonds. The van der Waals surface area contributed by atoms with Crippen molar-refractivity contribution in [3.8, 4) is 0 Å². The number of fused-ring (bicyclic) bond motifs is 1. The smallest absolute Gasteiger partial charge is 0.407 e. The minimum Gasteiger partial charge on any atom is -0.465 e. The van der Waals surface area contributed by atoms with Gasteiger partial charge in [-0.15, -0.1) is 0 Å². The van der Waals surface area contributed by atoms with Crippen LogP contribution in [0.2, 0.25) is 0 Å². The average molecular weight is 155 g/mol. The SMILES string of the molecule is O=C(O)N1CCCC2CC2C1. The highest BCUT2D eigenvalue weighted by Crippen LogP contribution is 2.44. The Labute approximate surface area is 66.0 Å². The van der Waals surface area contributed by atoms with E-state index in [-0.39, 0.29) is 0 Å². The second kappa shape index (κ2) is 2.40. The Hall–Kier alpha value is -0.730. The van der Waals surface area contributed by atoms with E-state index in [4.69, 9.17) is 5.11 Å². The molecule has 11 heavy (non-hydrogen) atoms. The Balaban J connectivity index is 1.95. The minimum atomic E-state index is -0.738. The zero-order valence-electron chi connectivity index (χ0n) is 6.49. The zero-order valence-corrected chi connectivity index (χ0v) is 6.49. The number of hydrogen-bond donors (Lipinski definition) is 1. The van der Waals surface area contributed by atoms with Crippen LogP contribution in [0.1, 0.15) is 19.3 Å². The predicted octanol–water partition coefficient (Wildman–Crippen LogP) is 1.40. The van der Waals surface area contributed by atoms with Crippen LogP contribution in [0, 0.1) is 11.8 Å². The van der Waals surface area contributed by atoms with Crippen LogP contribution in [-0.2, 0) is 0 Å². The van der Waals surface area contributed by atoms with Gasteiger partial charge in [-0.3, -0.25) is 0 Å². The molecule has 0 aromatic carbocycles. The molecule has 1 N–H and O–H groups in total. The van der Waals surface area contributed by atoms with E-state index in [0.717, 1.165) is 25.4 Å². The summed E-state index contributed by atoms with van der Waals surface area (Å²) in [7, 11) is 0. The normalized spacial score (nSPS) is 35.8. The molecule has 3 heteroatoms. The van der Waals surface area contributed by atoms with Crippen molar-refractivity contribution >= 4 is 6.09 Å². The van der Waals surface area contributed by atoms with Gasteiger partial charge in [-0.1, -0.05) is 0 Å². The molecule has 0 spiro atoms. The average Bonchev–Trinajstić information content (AvgIpc) is 2.59. The van der Waals surface area contributed by atoms with Crippen LogP contribution in [0.4, 0.5) is 4.79 Å². The lowest BCUT2D eigenvalue weighted by Crippen LogP contribution is -2.31. The van der Waals surface area contributed by atoms with Crippen LogP contribution in [0.3, 0.4) is 0 Å². The van der Waals surface area contributed by atoms with E-state index < -0.39 is 6.09 Å². The molecule has 1 aliphatic carbocycles. The molecule has 3 nitrogen and oxygen atoms in total. The van der Waals surface area contributed by atoms with E-state index in [0.29, 0.717) is 5.92 Å². The Morgan fingerprint density at radius 1 is 1.45 bits per heavy atom. The second-order valence-electron chi connectivity index (χ2n) is 3.63. The van der Waals surface area contributed by atoms with E-state index in [1.54, 1.807) is 4.90 Å². The van der Waals surface area contributed by atoms with Gasteiger partial charge in [-0.25, -0.2) is 4.79 Å². The number of rotatable bonds is 0. The number of likely N-dealkylation sites (tertiary alicyclic amines) is 1. The molecular formula is C8H13NO2. The molecule has 2 fully saturated rings. The van der Waals surface area contributed by atoms with Crippen LogP contribution in [0.15, 0.2) is 0 Å². The number of carboxylic acid groups (broad SMARTS) is 1. The van der Waals surface area contributed by atoms with Crippen molar-refractivity contribution in [3.63, 3.8) is 0 Å². The fourth-order valence-electron chi connectivity index (χ4n) is 1.98. The fourth-order valence-corrected chi connectivity index (χ4v) is 1.98. The number of hydrogen-bond acceptors (Lipinski definition) is 1. The van der Waals surface area contributed by atoms with Crippen molar-refractivity contribution in [2.24, 2.45) is 11.8 Å². The van der Waals surface area contributed by atoms with E-state index in [2.05, 4.69) is 0 Å². The van der Waals surface area contributed by atoms with E-state index in [1.807, 2.05) is 0 Å². The molecule has 2 aliphatic rings. The molecular weight excluding hydrogens is 142 g/mol. The van der Waals surface area contributed by atoms with Gasteiger partial charge in [0.25, 0.3) is 0 Å². The lowest BCUT2D eigenvalue weighted by Gasteiger charge is -2.16. The van der Waals surface area contributed by atoms with E-state index in [1.165, 1.54) is 12.8 Å². The topological polar surface area (TPSA) is 40.5 Å². The third-order valence-electron chi connectivity index (χ3n) is 2.80. The first-order valence-corrected chi connectivity index (χ1v) is 4.25. The lowest BCUT2D eigenvalue weighted by atomic mass is 10.2. The first-order valence-electron chi connectivity index (χ1n) is 4.25. The van der Waals surface area contributed by atoms with Gasteiger partial charge >= 0.3 is 6.09 Å². The Kier molecular flexibility index (Phi) is 1.51. The first kappa shape index (κ1) is 6.95. The van der Waals surface area contributed by atoms with Gasteiger partial charge in [0.2, 0.25) is 0 Å². The molecule has 0 aromatic rings. The highest BCUT2D eigenvalue weighted by atomic mass is 16.4. The van der Waals surface area contributed by atoms with E-state index >= 15 is 0 Å². The van der Waals surface area contributed by atoms with Gasteiger partial charge in [0, 0.05) is 13.1 Å². The molecule has 2 unspecified atom stereocenters. The highest BCUT2D eigenvalue weighted by molar-refractivity contribution is 5.65. The third-order valence-corrected chi connectivity index (χ3v) is 2.80. The molecule has 62 valence electrons. The summed E-state index contributed by atoms with van der Waals surface area (Å²) < 4.78 is 0. The maximum absolute atomic E-state index is 10.6. The maximum atomic E-state index is 10.6. The quantitative estimate of drug-likeness (QED) is 0.574. The second-order valence-corrected chi connectivity index (χ2v) is 3.63. The molecule has 1 saturated carbocycles. The number of nitrogens with zero attached hydrogens (tertiary/aromatic N) is 1. The molecule has 1 saturated heterocycles. The zero-order chi connectivity index (χ0) is 7.84. The molecule has 1 heterocycles. The fraction of sp³-hybridized carbons (Fsp3) is 0.875. The van der Waals surface area contributed by atoms with Crippen molar-refractivity contribution in [2.75, 3.05) is 13.1 Å². The van der Waals surface area contributed by atoms with Crippen LogP contribution in [0.25, 0.3) is 0 Å². The molecule has 2 atom stereocenters. The van der Waals surface area contributed by atoms with Gasteiger partial charge in [0.1, 0.15) is 0 Å². The van der Waals surface area contributed by atoms with Crippen molar-refractivity contribution in [3.05, 3.63) is 0 Å². The molecule has 2 rings (SSSR count). The van der Waals surface area contributed by atoms with E-state index in [9.17, 15) is 4.79 Å².